The Bertz CT molecular complexity index is 475. The van der Waals surface area contributed by atoms with Gasteiger partial charge in [-0.15, -0.1) is 0 Å². The normalized spacial score (nSPS) is 12.6. The van der Waals surface area contributed by atoms with E-state index in [0.717, 1.165) is 17.1 Å². The number of nitrogens with two attached hydrogens (primary N) is 1. The van der Waals surface area contributed by atoms with Crippen molar-refractivity contribution in [3.63, 3.8) is 0 Å². The average Bonchev–Trinajstić information content (AvgIpc) is 2.73. The summed E-state index contributed by atoms with van der Waals surface area (Å²) in [7, 11) is 1.86. The number of pyridine rings is 1. The number of rotatable bonds is 4. The van der Waals surface area contributed by atoms with Crippen LogP contribution in [0.4, 0.5) is 0 Å². The number of hydrogen-bond acceptors (Lipinski definition) is 5. The fraction of sp³-hybridized carbons (Fsp3) is 0.364. The maximum atomic E-state index is 5.57. The molecule has 1 atom stereocenters. The van der Waals surface area contributed by atoms with E-state index in [1.54, 1.807) is 4.68 Å². The van der Waals surface area contributed by atoms with Crippen molar-refractivity contribution in [2.24, 2.45) is 12.9 Å². The molecule has 0 spiro atoms. The molecule has 0 fully saturated rings. The second kappa shape index (κ2) is 5.03. The van der Waals surface area contributed by atoms with Crippen LogP contribution in [-0.4, -0.2) is 19.7 Å². The molecule has 0 saturated carbocycles. The van der Waals surface area contributed by atoms with Gasteiger partial charge >= 0.3 is 0 Å². The maximum Gasteiger partial charge on any atom is 0.138 e. The first-order chi connectivity index (χ1) is 8.20. The van der Waals surface area contributed by atoms with E-state index in [1.807, 2.05) is 32.3 Å². The number of aromatic nitrogens is 4. The smallest absolute Gasteiger partial charge is 0.138 e. The van der Waals surface area contributed by atoms with E-state index in [9.17, 15) is 0 Å². The third kappa shape index (κ3) is 2.66. The zero-order valence-corrected chi connectivity index (χ0v) is 9.96. The SMILES string of the molecule is Cc1ccc(C(Cc2ncnn2C)NN)cn1. The van der Waals surface area contributed by atoms with Gasteiger partial charge < -0.3 is 0 Å². The highest BCUT2D eigenvalue weighted by atomic mass is 15.3. The number of nitrogens with one attached hydrogen (secondary N) is 1. The van der Waals surface area contributed by atoms with Gasteiger partial charge in [0.15, 0.2) is 0 Å². The summed E-state index contributed by atoms with van der Waals surface area (Å²) in [5.41, 5.74) is 4.81. The Morgan fingerprint density at radius 1 is 1.41 bits per heavy atom. The largest absolute Gasteiger partial charge is 0.271 e. The van der Waals surface area contributed by atoms with Crippen molar-refractivity contribution in [2.45, 2.75) is 19.4 Å². The molecule has 0 bridgehead atoms. The molecule has 90 valence electrons. The molecule has 0 aliphatic rings. The van der Waals surface area contributed by atoms with Gasteiger partial charge in [-0.3, -0.25) is 20.9 Å². The minimum atomic E-state index is -0.00833. The van der Waals surface area contributed by atoms with Gasteiger partial charge in [0.2, 0.25) is 0 Å². The van der Waals surface area contributed by atoms with Crippen LogP contribution in [0.25, 0.3) is 0 Å². The Labute approximate surface area is 99.9 Å². The van der Waals surface area contributed by atoms with Crippen LogP contribution in [0.2, 0.25) is 0 Å². The summed E-state index contributed by atoms with van der Waals surface area (Å²) >= 11 is 0. The highest BCUT2D eigenvalue weighted by Crippen LogP contribution is 2.15. The molecule has 0 aromatic carbocycles. The lowest BCUT2D eigenvalue weighted by Gasteiger charge is -2.15. The lowest BCUT2D eigenvalue weighted by Crippen LogP contribution is -2.30. The lowest BCUT2D eigenvalue weighted by atomic mass is 10.1. The van der Waals surface area contributed by atoms with Crippen LogP contribution < -0.4 is 11.3 Å². The van der Waals surface area contributed by atoms with Crippen LogP contribution >= 0.6 is 0 Å². The highest BCUT2D eigenvalue weighted by molar-refractivity contribution is 5.18. The Morgan fingerprint density at radius 3 is 2.76 bits per heavy atom. The van der Waals surface area contributed by atoms with Crippen molar-refractivity contribution in [1.29, 1.82) is 0 Å². The summed E-state index contributed by atoms with van der Waals surface area (Å²) in [4.78, 5) is 8.44. The zero-order chi connectivity index (χ0) is 12.3. The van der Waals surface area contributed by atoms with E-state index >= 15 is 0 Å². The highest BCUT2D eigenvalue weighted by Gasteiger charge is 2.13. The molecular formula is C11H16N6. The van der Waals surface area contributed by atoms with E-state index in [2.05, 4.69) is 20.5 Å². The van der Waals surface area contributed by atoms with E-state index in [-0.39, 0.29) is 6.04 Å². The van der Waals surface area contributed by atoms with Crippen LogP contribution in [-0.2, 0) is 13.5 Å². The molecule has 0 amide bonds. The van der Waals surface area contributed by atoms with E-state index in [1.165, 1.54) is 6.33 Å². The van der Waals surface area contributed by atoms with Crippen LogP contribution in [0.3, 0.4) is 0 Å². The molecule has 2 heterocycles. The van der Waals surface area contributed by atoms with Crippen LogP contribution in [0, 0.1) is 6.92 Å². The summed E-state index contributed by atoms with van der Waals surface area (Å²) in [6.45, 7) is 1.96. The van der Waals surface area contributed by atoms with Crippen molar-refractivity contribution in [3.8, 4) is 0 Å². The zero-order valence-electron chi connectivity index (χ0n) is 9.96. The fourth-order valence-corrected chi connectivity index (χ4v) is 1.65. The molecule has 1 unspecified atom stereocenters. The van der Waals surface area contributed by atoms with Crippen molar-refractivity contribution >= 4 is 0 Å². The van der Waals surface area contributed by atoms with Crippen molar-refractivity contribution < 1.29 is 0 Å². The van der Waals surface area contributed by atoms with E-state index in [4.69, 9.17) is 5.84 Å². The topological polar surface area (TPSA) is 81.7 Å². The molecule has 3 N–H and O–H groups in total. The summed E-state index contributed by atoms with van der Waals surface area (Å²) in [5, 5.41) is 4.03. The molecular weight excluding hydrogens is 216 g/mol. The van der Waals surface area contributed by atoms with Gasteiger partial charge in [0, 0.05) is 25.4 Å². The van der Waals surface area contributed by atoms with Gasteiger partial charge in [0.1, 0.15) is 12.2 Å². The molecule has 17 heavy (non-hydrogen) atoms. The molecule has 0 aliphatic carbocycles. The van der Waals surface area contributed by atoms with Gasteiger partial charge in [0.05, 0.1) is 6.04 Å². The molecule has 2 aromatic heterocycles. The minimum absolute atomic E-state index is 0.00833. The van der Waals surface area contributed by atoms with Gasteiger partial charge in [-0.25, -0.2) is 4.98 Å². The van der Waals surface area contributed by atoms with Gasteiger partial charge in [-0.2, -0.15) is 5.10 Å². The predicted octanol–water partition coefficient (Wildman–Crippen LogP) is 0.266. The van der Waals surface area contributed by atoms with Crippen molar-refractivity contribution in [3.05, 3.63) is 41.7 Å². The summed E-state index contributed by atoms with van der Waals surface area (Å²) < 4.78 is 1.74. The van der Waals surface area contributed by atoms with Gasteiger partial charge in [-0.05, 0) is 18.6 Å². The fourth-order valence-electron chi connectivity index (χ4n) is 1.65. The van der Waals surface area contributed by atoms with Gasteiger partial charge in [-0.1, -0.05) is 6.07 Å². The molecule has 6 nitrogen and oxygen atoms in total. The van der Waals surface area contributed by atoms with Crippen LogP contribution in [0.1, 0.15) is 23.1 Å². The number of aryl methyl sites for hydroxylation is 2. The lowest BCUT2D eigenvalue weighted by molar-refractivity contribution is 0.522. The van der Waals surface area contributed by atoms with Crippen molar-refractivity contribution in [1.82, 2.24) is 25.2 Å². The Morgan fingerprint density at radius 2 is 2.24 bits per heavy atom. The Kier molecular flexibility index (Phi) is 3.46. The third-order valence-electron chi connectivity index (χ3n) is 2.73. The van der Waals surface area contributed by atoms with Crippen LogP contribution in [0.5, 0.6) is 0 Å². The standard InChI is InChI=1S/C11H16N6/c1-8-3-4-9(6-13-8)10(16-12)5-11-14-7-15-17(11)2/h3-4,6-7,10,16H,5,12H2,1-2H3. The van der Waals surface area contributed by atoms with Gasteiger partial charge in [0.25, 0.3) is 0 Å². The molecule has 2 aromatic rings. The first-order valence-electron chi connectivity index (χ1n) is 5.42. The predicted molar refractivity (Wildman–Crippen MR) is 63.7 cm³/mol. The third-order valence-corrected chi connectivity index (χ3v) is 2.73. The number of hydrazine groups is 1. The van der Waals surface area contributed by atoms with E-state index in [0.29, 0.717) is 6.42 Å². The molecule has 2 rings (SSSR count). The molecule has 0 saturated heterocycles. The molecule has 6 heteroatoms. The maximum absolute atomic E-state index is 5.57. The van der Waals surface area contributed by atoms with Crippen molar-refractivity contribution in [2.75, 3.05) is 0 Å². The number of hydrogen-bond donors (Lipinski definition) is 2. The van der Waals surface area contributed by atoms with E-state index < -0.39 is 0 Å². The Balaban J connectivity index is 2.17. The second-order valence-electron chi connectivity index (χ2n) is 3.96. The number of nitrogens with zero attached hydrogens (tertiary/aromatic N) is 4. The molecule has 0 aliphatic heterocycles. The van der Waals surface area contributed by atoms with Crippen LogP contribution in [0.15, 0.2) is 24.7 Å². The summed E-state index contributed by atoms with van der Waals surface area (Å²) in [6, 6.07) is 3.98. The molecule has 0 radical (unpaired) electrons. The first kappa shape index (κ1) is 11.7. The minimum Gasteiger partial charge on any atom is -0.271 e. The Hall–Kier alpha value is -1.79. The monoisotopic (exact) mass is 232 g/mol. The summed E-state index contributed by atoms with van der Waals surface area (Å²) in [6.07, 6.45) is 4.05. The average molecular weight is 232 g/mol. The summed E-state index contributed by atoms with van der Waals surface area (Å²) in [5.74, 6) is 6.46. The quantitative estimate of drug-likeness (QED) is 0.584. The second-order valence-corrected chi connectivity index (χ2v) is 3.96. The first-order valence-corrected chi connectivity index (χ1v) is 5.42.